The molecule has 0 aliphatic heterocycles. The van der Waals surface area contributed by atoms with Crippen molar-refractivity contribution in [3.05, 3.63) is 29.3 Å². The highest BCUT2D eigenvalue weighted by molar-refractivity contribution is 8.01. The number of aryl methyl sites for hydroxylation is 2. The Kier molecular flexibility index (Phi) is 7.46. The zero-order valence-electron chi connectivity index (χ0n) is 16.9. The third-order valence-electron chi connectivity index (χ3n) is 3.73. The SMILES string of the molecule is Cc1cc(C)cc(N([C@@H](C)C(=O)Nc2nnc(SCC(C)C)s2)S(C)(=O)=O)c1. The standard InChI is InChI=1S/C18H26N4O3S3/c1-11(2)10-26-18-21-20-17(27-18)19-16(23)14(5)22(28(6,24)25)15-8-12(3)7-13(4)9-15/h7-9,11,14H,10H2,1-6H3,(H,19,20,23)/t14-/m0/s1. The van der Waals surface area contributed by atoms with E-state index in [2.05, 4.69) is 29.4 Å². The van der Waals surface area contributed by atoms with Crippen LogP contribution in [0.2, 0.25) is 0 Å². The quantitative estimate of drug-likeness (QED) is 0.495. The van der Waals surface area contributed by atoms with Gasteiger partial charge in [-0.25, -0.2) is 8.42 Å². The number of carbonyl (C=O) groups is 1. The number of benzene rings is 1. The maximum atomic E-state index is 12.7. The first kappa shape index (κ1) is 22.6. The number of amides is 1. The number of nitrogens with one attached hydrogen (secondary N) is 1. The number of hydrogen-bond donors (Lipinski definition) is 1. The van der Waals surface area contributed by atoms with Gasteiger partial charge < -0.3 is 0 Å². The van der Waals surface area contributed by atoms with Gasteiger partial charge in [-0.3, -0.25) is 14.4 Å². The first-order valence-corrected chi connectivity index (χ1v) is 12.5. The molecule has 0 saturated carbocycles. The Labute approximate surface area is 175 Å². The molecule has 0 aliphatic carbocycles. The Morgan fingerprint density at radius 1 is 1.18 bits per heavy atom. The van der Waals surface area contributed by atoms with E-state index < -0.39 is 22.0 Å². The molecule has 1 amide bonds. The highest BCUT2D eigenvalue weighted by Gasteiger charge is 2.30. The monoisotopic (exact) mass is 442 g/mol. The number of rotatable bonds is 8. The van der Waals surface area contributed by atoms with Crippen molar-refractivity contribution in [3.63, 3.8) is 0 Å². The van der Waals surface area contributed by atoms with Gasteiger partial charge in [-0.2, -0.15) is 0 Å². The van der Waals surface area contributed by atoms with Gasteiger partial charge in [-0.1, -0.05) is 43.0 Å². The molecule has 0 unspecified atom stereocenters. The minimum atomic E-state index is -3.67. The molecule has 1 N–H and O–H groups in total. The van der Waals surface area contributed by atoms with Crippen LogP contribution in [0.15, 0.2) is 22.5 Å². The maximum Gasteiger partial charge on any atom is 0.249 e. The van der Waals surface area contributed by atoms with E-state index in [9.17, 15) is 13.2 Å². The van der Waals surface area contributed by atoms with Crippen molar-refractivity contribution in [2.45, 2.75) is 45.0 Å². The van der Waals surface area contributed by atoms with Gasteiger partial charge in [0, 0.05) is 5.75 Å². The van der Waals surface area contributed by atoms with Gasteiger partial charge >= 0.3 is 0 Å². The van der Waals surface area contributed by atoms with E-state index in [1.54, 1.807) is 30.8 Å². The van der Waals surface area contributed by atoms with Gasteiger partial charge in [0.15, 0.2) is 4.34 Å². The van der Waals surface area contributed by atoms with E-state index in [4.69, 9.17) is 0 Å². The van der Waals surface area contributed by atoms with Crippen LogP contribution < -0.4 is 9.62 Å². The first-order chi connectivity index (χ1) is 13.0. The lowest BCUT2D eigenvalue weighted by atomic mass is 10.1. The summed E-state index contributed by atoms with van der Waals surface area (Å²) >= 11 is 2.86. The van der Waals surface area contributed by atoms with Crippen LogP contribution in [-0.4, -0.2) is 42.6 Å². The fourth-order valence-corrected chi connectivity index (χ4v) is 5.54. The summed E-state index contributed by atoms with van der Waals surface area (Å²) in [5.41, 5.74) is 2.31. The molecule has 2 aromatic rings. The molecule has 0 bridgehead atoms. The van der Waals surface area contributed by atoms with Crippen LogP contribution in [0.3, 0.4) is 0 Å². The fourth-order valence-electron chi connectivity index (χ4n) is 2.65. The number of sulfonamides is 1. The molecule has 7 nitrogen and oxygen atoms in total. The minimum Gasteiger partial charge on any atom is -0.299 e. The van der Waals surface area contributed by atoms with Crippen LogP contribution >= 0.6 is 23.1 Å². The van der Waals surface area contributed by atoms with Crippen molar-refractivity contribution in [1.82, 2.24) is 10.2 Å². The van der Waals surface area contributed by atoms with Crippen LogP contribution in [0.4, 0.5) is 10.8 Å². The van der Waals surface area contributed by atoms with E-state index in [0.29, 0.717) is 16.7 Å². The van der Waals surface area contributed by atoms with Crippen LogP contribution in [-0.2, 0) is 14.8 Å². The van der Waals surface area contributed by atoms with Gasteiger partial charge in [-0.15, -0.1) is 10.2 Å². The molecule has 0 saturated heterocycles. The third kappa shape index (κ3) is 6.18. The lowest BCUT2D eigenvalue weighted by Gasteiger charge is -2.28. The van der Waals surface area contributed by atoms with Gasteiger partial charge in [0.1, 0.15) is 6.04 Å². The van der Waals surface area contributed by atoms with Crippen molar-refractivity contribution in [1.29, 1.82) is 0 Å². The highest BCUT2D eigenvalue weighted by Crippen LogP contribution is 2.28. The molecule has 1 aromatic carbocycles. The Hall–Kier alpha value is -1.65. The molecule has 154 valence electrons. The zero-order valence-corrected chi connectivity index (χ0v) is 19.3. The normalized spacial score (nSPS) is 12.8. The van der Waals surface area contributed by atoms with Crippen molar-refractivity contribution < 1.29 is 13.2 Å². The molecule has 0 radical (unpaired) electrons. The van der Waals surface area contributed by atoms with Crippen LogP contribution in [0.25, 0.3) is 0 Å². The fraction of sp³-hybridized carbons (Fsp3) is 0.500. The van der Waals surface area contributed by atoms with Gasteiger partial charge in [0.25, 0.3) is 0 Å². The average Bonchev–Trinajstić information content (AvgIpc) is 2.98. The summed E-state index contributed by atoms with van der Waals surface area (Å²) in [5.74, 6) is 0.974. The lowest BCUT2D eigenvalue weighted by molar-refractivity contribution is -0.116. The number of anilines is 2. The van der Waals surface area contributed by atoms with Crippen LogP contribution in [0.5, 0.6) is 0 Å². The van der Waals surface area contributed by atoms with Gasteiger partial charge in [0.2, 0.25) is 21.1 Å². The molecule has 0 aliphatic rings. The predicted octanol–water partition coefficient (Wildman–Crippen LogP) is 3.70. The van der Waals surface area contributed by atoms with Gasteiger partial charge in [0.05, 0.1) is 11.9 Å². The second-order valence-electron chi connectivity index (χ2n) is 7.15. The first-order valence-electron chi connectivity index (χ1n) is 8.82. The van der Waals surface area contributed by atoms with E-state index in [0.717, 1.165) is 31.8 Å². The summed E-state index contributed by atoms with van der Waals surface area (Å²) in [6.45, 7) is 9.57. The topological polar surface area (TPSA) is 92.3 Å². The van der Waals surface area contributed by atoms with E-state index in [1.165, 1.54) is 11.3 Å². The predicted molar refractivity (Wildman–Crippen MR) is 117 cm³/mol. The molecular weight excluding hydrogens is 416 g/mol. The molecule has 10 heteroatoms. The molecule has 0 fully saturated rings. The molecule has 0 spiro atoms. The average molecular weight is 443 g/mol. The lowest BCUT2D eigenvalue weighted by Crippen LogP contribution is -2.45. The minimum absolute atomic E-state index is 0.358. The molecule has 1 atom stereocenters. The summed E-state index contributed by atoms with van der Waals surface area (Å²) < 4.78 is 26.8. The largest absolute Gasteiger partial charge is 0.299 e. The van der Waals surface area contributed by atoms with Crippen molar-refractivity contribution >= 4 is 49.8 Å². The van der Waals surface area contributed by atoms with E-state index >= 15 is 0 Å². The van der Waals surface area contributed by atoms with Crippen LogP contribution in [0, 0.1) is 19.8 Å². The Morgan fingerprint density at radius 2 is 1.79 bits per heavy atom. The molecule has 2 rings (SSSR count). The highest BCUT2D eigenvalue weighted by atomic mass is 32.2. The second kappa shape index (κ2) is 9.23. The molecule has 1 heterocycles. The zero-order chi connectivity index (χ0) is 21.1. The summed E-state index contributed by atoms with van der Waals surface area (Å²) in [6.07, 6.45) is 1.10. The second-order valence-corrected chi connectivity index (χ2v) is 11.3. The van der Waals surface area contributed by atoms with Crippen molar-refractivity contribution in [2.24, 2.45) is 5.92 Å². The Balaban J connectivity index is 2.20. The number of carbonyl (C=O) groups excluding carboxylic acids is 1. The summed E-state index contributed by atoms with van der Waals surface area (Å²) in [4.78, 5) is 12.7. The van der Waals surface area contributed by atoms with Gasteiger partial charge in [-0.05, 0) is 49.9 Å². The third-order valence-corrected chi connectivity index (χ3v) is 7.37. The molecule has 28 heavy (non-hydrogen) atoms. The summed E-state index contributed by atoms with van der Waals surface area (Å²) in [6, 6.07) is 4.52. The smallest absolute Gasteiger partial charge is 0.249 e. The number of nitrogens with zero attached hydrogens (tertiary/aromatic N) is 3. The number of thioether (sulfide) groups is 1. The van der Waals surface area contributed by atoms with Crippen LogP contribution in [0.1, 0.15) is 31.9 Å². The molecule has 1 aromatic heterocycles. The maximum absolute atomic E-state index is 12.7. The number of aromatic nitrogens is 2. The van der Waals surface area contributed by atoms with E-state index in [-0.39, 0.29) is 0 Å². The Bertz CT molecular complexity index is 921. The number of hydrogen-bond acceptors (Lipinski definition) is 7. The van der Waals surface area contributed by atoms with Crippen molar-refractivity contribution in [3.8, 4) is 0 Å². The summed E-state index contributed by atoms with van der Waals surface area (Å²) in [7, 11) is -3.67. The Morgan fingerprint density at radius 3 is 2.32 bits per heavy atom. The summed E-state index contributed by atoms with van der Waals surface area (Å²) in [5, 5.41) is 11.1. The molecular formula is C18H26N4O3S3. The van der Waals surface area contributed by atoms with E-state index in [1.807, 2.05) is 19.9 Å². The van der Waals surface area contributed by atoms with Crippen molar-refractivity contribution in [2.75, 3.05) is 21.6 Å².